The molecule has 2 aromatic rings. The number of rotatable bonds is 6. The van der Waals surface area contributed by atoms with Crippen molar-refractivity contribution in [1.82, 2.24) is 14.6 Å². The molecular weight excluding hydrogens is 394 g/mol. The van der Waals surface area contributed by atoms with E-state index in [1.54, 1.807) is 12.3 Å². The Morgan fingerprint density at radius 3 is 2.79 bits per heavy atom. The number of hydrogen-bond acceptors (Lipinski definition) is 6. The van der Waals surface area contributed by atoms with Gasteiger partial charge in [-0.3, -0.25) is 9.78 Å². The predicted octanol–water partition coefficient (Wildman–Crippen LogP) is 1.36. The summed E-state index contributed by atoms with van der Waals surface area (Å²) in [5.41, 5.74) is 0.875. The Kier molecular flexibility index (Phi) is 5.68. The third kappa shape index (κ3) is 4.20. The largest absolute Gasteiger partial charge is 0.486 e. The molecule has 1 aromatic heterocycles. The third-order valence-electron chi connectivity index (χ3n) is 5.03. The molecular formula is C20H23N3O5S. The molecule has 0 saturated carbocycles. The molecule has 2 aliphatic heterocycles. The minimum absolute atomic E-state index is 0.106. The Hall–Kier alpha value is -2.65. The lowest BCUT2D eigenvalue weighted by molar-refractivity contribution is -0.124. The summed E-state index contributed by atoms with van der Waals surface area (Å²) in [5.74, 6) is 0.660. The number of ether oxygens (including phenoxy) is 2. The molecule has 0 aliphatic carbocycles. The van der Waals surface area contributed by atoms with Crippen molar-refractivity contribution in [2.24, 2.45) is 0 Å². The van der Waals surface area contributed by atoms with E-state index >= 15 is 0 Å². The fraction of sp³-hybridized carbons (Fsp3) is 0.400. The number of carbonyl (C=O) groups is 1. The standard InChI is InChI=1S/C20H23N3O5S/c24-20(22-10-8-15-4-1-2-9-21-15)17-5-3-11-23(17)29(25,26)16-6-7-18-19(14-16)28-13-12-27-18/h1-2,4,6-7,9,14,17H,3,5,8,10-13H2,(H,22,24). The highest BCUT2D eigenvalue weighted by Gasteiger charge is 2.39. The lowest BCUT2D eigenvalue weighted by atomic mass is 10.2. The molecule has 3 heterocycles. The maximum absolute atomic E-state index is 13.2. The summed E-state index contributed by atoms with van der Waals surface area (Å²) in [7, 11) is -3.82. The van der Waals surface area contributed by atoms with Gasteiger partial charge in [-0.2, -0.15) is 4.31 Å². The monoisotopic (exact) mass is 417 g/mol. The zero-order chi connectivity index (χ0) is 20.3. The smallest absolute Gasteiger partial charge is 0.243 e. The van der Waals surface area contributed by atoms with Crippen LogP contribution in [0.5, 0.6) is 11.5 Å². The molecule has 29 heavy (non-hydrogen) atoms. The van der Waals surface area contributed by atoms with E-state index in [-0.39, 0.29) is 10.8 Å². The average Bonchev–Trinajstić information content (AvgIpc) is 3.25. The van der Waals surface area contributed by atoms with Crippen molar-refractivity contribution in [2.45, 2.75) is 30.2 Å². The Balaban J connectivity index is 1.44. The van der Waals surface area contributed by atoms with E-state index < -0.39 is 16.1 Å². The highest BCUT2D eigenvalue weighted by Crippen LogP contribution is 2.34. The predicted molar refractivity (Wildman–Crippen MR) is 105 cm³/mol. The van der Waals surface area contributed by atoms with E-state index in [9.17, 15) is 13.2 Å². The molecule has 1 aromatic carbocycles. The van der Waals surface area contributed by atoms with Crippen LogP contribution in [0.15, 0.2) is 47.5 Å². The highest BCUT2D eigenvalue weighted by molar-refractivity contribution is 7.89. The number of fused-ring (bicyclic) bond motifs is 1. The van der Waals surface area contributed by atoms with Crippen molar-refractivity contribution < 1.29 is 22.7 Å². The number of amides is 1. The number of sulfonamides is 1. The topological polar surface area (TPSA) is 97.8 Å². The van der Waals surface area contributed by atoms with E-state index in [4.69, 9.17) is 9.47 Å². The van der Waals surface area contributed by atoms with Crippen molar-refractivity contribution in [3.63, 3.8) is 0 Å². The molecule has 4 rings (SSSR count). The zero-order valence-corrected chi connectivity index (χ0v) is 16.7. The Morgan fingerprint density at radius 1 is 1.17 bits per heavy atom. The summed E-state index contributed by atoms with van der Waals surface area (Å²) in [6.07, 6.45) is 3.44. The number of pyridine rings is 1. The van der Waals surface area contributed by atoms with Crippen LogP contribution in [0.2, 0.25) is 0 Å². The Morgan fingerprint density at radius 2 is 2.00 bits per heavy atom. The summed E-state index contributed by atoms with van der Waals surface area (Å²) in [5, 5.41) is 2.85. The Labute approximate surface area is 169 Å². The van der Waals surface area contributed by atoms with Crippen LogP contribution in [-0.2, 0) is 21.2 Å². The average molecular weight is 417 g/mol. The first-order valence-electron chi connectivity index (χ1n) is 9.65. The van der Waals surface area contributed by atoms with Crippen LogP contribution in [-0.4, -0.2) is 56.0 Å². The van der Waals surface area contributed by atoms with Crippen LogP contribution in [0.25, 0.3) is 0 Å². The van der Waals surface area contributed by atoms with Crippen LogP contribution >= 0.6 is 0 Å². The van der Waals surface area contributed by atoms with Crippen molar-refractivity contribution in [3.8, 4) is 11.5 Å². The first-order chi connectivity index (χ1) is 14.1. The maximum atomic E-state index is 13.2. The molecule has 1 unspecified atom stereocenters. The molecule has 1 saturated heterocycles. The fourth-order valence-electron chi connectivity index (χ4n) is 3.59. The lowest BCUT2D eigenvalue weighted by Gasteiger charge is -2.24. The summed E-state index contributed by atoms with van der Waals surface area (Å²) >= 11 is 0. The number of hydrogen-bond donors (Lipinski definition) is 1. The molecule has 0 radical (unpaired) electrons. The van der Waals surface area contributed by atoms with Crippen LogP contribution in [0.4, 0.5) is 0 Å². The van der Waals surface area contributed by atoms with E-state index in [0.717, 1.165) is 5.69 Å². The van der Waals surface area contributed by atoms with Gasteiger partial charge in [0.05, 0.1) is 4.90 Å². The van der Waals surface area contributed by atoms with Gasteiger partial charge in [-0.25, -0.2) is 8.42 Å². The molecule has 9 heteroatoms. The first kappa shape index (κ1) is 19.7. The summed E-state index contributed by atoms with van der Waals surface area (Å²) in [4.78, 5) is 17.0. The minimum Gasteiger partial charge on any atom is -0.486 e. The van der Waals surface area contributed by atoms with Crippen molar-refractivity contribution in [1.29, 1.82) is 0 Å². The van der Waals surface area contributed by atoms with Gasteiger partial charge in [-0.05, 0) is 37.1 Å². The Bertz CT molecular complexity index is 981. The molecule has 1 fully saturated rings. The van der Waals surface area contributed by atoms with Crippen LogP contribution in [0.1, 0.15) is 18.5 Å². The van der Waals surface area contributed by atoms with Gasteiger partial charge in [0.15, 0.2) is 11.5 Å². The maximum Gasteiger partial charge on any atom is 0.243 e. The number of nitrogens with zero attached hydrogens (tertiary/aromatic N) is 2. The third-order valence-corrected chi connectivity index (χ3v) is 6.94. The lowest BCUT2D eigenvalue weighted by Crippen LogP contribution is -2.46. The van der Waals surface area contributed by atoms with E-state index in [1.165, 1.54) is 16.4 Å². The van der Waals surface area contributed by atoms with Gasteiger partial charge in [0.2, 0.25) is 15.9 Å². The highest BCUT2D eigenvalue weighted by atomic mass is 32.2. The molecule has 8 nitrogen and oxygen atoms in total. The van der Waals surface area contributed by atoms with Gasteiger partial charge in [-0.15, -0.1) is 0 Å². The van der Waals surface area contributed by atoms with Gasteiger partial charge in [0.25, 0.3) is 0 Å². The molecule has 0 bridgehead atoms. The second-order valence-electron chi connectivity index (χ2n) is 6.94. The molecule has 0 spiro atoms. The van der Waals surface area contributed by atoms with E-state index in [0.29, 0.717) is 57.1 Å². The normalized spacial score (nSPS) is 19.1. The van der Waals surface area contributed by atoms with Crippen molar-refractivity contribution in [2.75, 3.05) is 26.3 Å². The summed E-state index contributed by atoms with van der Waals surface area (Å²) in [6, 6.07) is 9.47. The van der Waals surface area contributed by atoms with E-state index in [1.807, 2.05) is 18.2 Å². The van der Waals surface area contributed by atoms with Gasteiger partial charge >= 0.3 is 0 Å². The number of carbonyl (C=O) groups excluding carboxylic acids is 1. The molecule has 1 N–H and O–H groups in total. The quantitative estimate of drug-likeness (QED) is 0.762. The van der Waals surface area contributed by atoms with Crippen LogP contribution in [0, 0.1) is 0 Å². The SMILES string of the molecule is O=C(NCCc1ccccn1)C1CCCN1S(=O)(=O)c1ccc2c(c1)OCCO2. The summed E-state index contributed by atoms with van der Waals surface area (Å²) < 4.78 is 38.6. The minimum atomic E-state index is -3.82. The number of aromatic nitrogens is 1. The fourth-order valence-corrected chi connectivity index (χ4v) is 5.26. The first-order valence-corrected chi connectivity index (χ1v) is 11.1. The van der Waals surface area contributed by atoms with Gasteiger partial charge in [0.1, 0.15) is 19.3 Å². The van der Waals surface area contributed by atoms with Crippen LogP contribution in [0.3, 0.4) is 0 Å². The second-order valence-corrected chi connectivity index (χ2v) is 8.83. The molecule has 1 atom stereocenters. The second kappa shape index (κ2) is 8.38. The van der Waals surface area contributed by atoms with Crippen molar-refractivity contribution in [3.05, 3.63) is 48.3 Å². The molecule has 2 aliphatic rings. The molecule has 154 valence electrons. The number of benzene rings is 1. The summed E-state index contributed by atoms with van der Waals surface area (Å²) in [6.45, 7) is 1.53. The number of nitrogens with one attached hydrogen (secondary N) is 1. The van der Waals surface area contributed by atoms with Gasteiger partial charge in [0, 0.05) is 37.5 Å². The zero-order valence-electron chi connectivity index (χ0n) is 15.9. The van der Waals surface area contributed by atoms with Gasteiger partial charge < -0.3 is 14.8 Å². The molecule has 1 amide bonds. The van der Waals surface area contributed by atoms with E-state index in [2.05, 4.69) is 10.3 Å². The van der Waals surface area contributed by atoms with Gasteiger partial charge in [-0.1, -0.05) is 6.07 Å². The van der Waals surface area contributed by atoms with Crippen molar-refractivity contribution >= 4 is 15.9 Å². The van der Waals surface area contributed by atoms with Crippen LogP contribution < -0.4 is 14.8 Å².